The van der Waals surface area contributed by atoms with Crippen LogP contribution in [0.5, 0.6) is 0 Å². The van der Waals surface area contributed by atoms with Crippen molar-refractivity contribution in [3.63, 3.8) is 0 Å². The van der Waals surface area contributed by atoms with Crippen LogP contribution in [0.1, 0.15) is 141 Å². The van der Waals surface area contributed by atoms with Crippen molar-refractivity contribution in [2.75, 3.05) is 27.7 Å². The molecule has 2 atom stereocenters. The van der Waals surface area contributed by atoms with Crippen molar-refractivity contribution < 1.29 is 14.3 Å². The summed E-state index contributed by atoms with van der Waals surface area (Å²) in [6.07, 6.45) is 13.3. The predicted octanol–water partition coefficient (Wildman–Crippen LogP) is 12.1. The van der Waals surface area contributed by atoms with E-state index < -0.39 is 0 Å². The quantitative estimate of drug-likeness (QED) is 0.0762. The standard InChI is InChI=1S/C37H50N2O2.C6H13N.C4H6O.C3H8/c1-11-37(7,8)23-33(35(24(2)3)31-16-13-19-39-36(31)27(6)41-10)32-22-30(18-17-25(32)4)29-15-12-14-28(20-29)21-34(38-9)26(5)40;1-3-4-5-6-7-2;5-3-4-1-2-4;1-3-2/h12-20,22,24,27,34,38H,11,21,23H2,1-10H3;3,7H,1,4-6H2,2H3;3-4H,1-2H2;3H2,1-2H3/b35-33+;;;. The molecule has 0 aliphatic heterocycles. The fourth-order valence-corrected chi connectivity index (χ4v) is 6.19. The number of methoxy groups -OCH3 is 1. The Morgan fingerprint density at radius 2 is 1.66 bits per heavy atom. The van der Waals surface area contributed by atoms with E-state index in [1.807, 2.05) is 32.4 Å². The van der Waals surface area contributed by atoms with Gasteiger partial charge in [-0.15, -0.1) is 6.58 Å². The van der Waals surface area contributed by atoms with Gasteiger partial charge >= 0.3 is 0 Å². The molecule has 6 heteroatoms. The zero-order valence-electron chi connectivity index (χ0n) is 37.5. The molecule has 2 unspecified atom stereocenters. The Morgan fingerprint density at radius 1 is 1.00 bits per heavy atom. The predicted molar refractivity (Wildman–Crippen MR) is 242 cm³/mol. The molecule has 56 heavy (non-hydrogen) atoms. The van der Waals surface area contributed by atoms with Gasteiger partial charge in [-0.3, -0.25) is 9.78 Å². The number of carbonyl (C=O) groups excluding carboxylic acids is 2. The minimum Gasteiger partial charge on any atom is -0.375 e. The van der Waals surface area contributed by atoms with Crippen LogP contribution in [0.4, 0.5) is 0 Å². The molecule has 0 saturated heterocycles. The van der Waals surface area contributed by atoms with Crippen molar-refractivity contribution in [3.8, 4) is 11.1 Å². The van der Waals surface area contributed by atoms with Gasteiger partial charge in [0.2, 0.25) is 0 Å². The van der Waals surface area contributed by atoms with Crippen molar-refractivity contribution in [3.05, 3.63) is 101 Å². The van der Waals surface area contributed by atoms with Gasteiger partial charge in [-0.2, -0.15) is 0 Å². The van der Waals surface area contributed by atoms with Crippen LogP contribution in [-0.4, -0.2) is 50.8 Å². The number of carbonyl (C=O) groups is 2. The molecule has 1 fully saturated rings. The summed E-state index contributed by atoms with van der Waals surface area (Å²) in [5, 5.41) is 6.21. The number of aryl methyl sites for hydroxylation is 1. The first-order valence-electron chi connectivity index (χ1n) is 21.0. The Labute approximate surface area is 342 Å². The van der Waals surface area contributed by atoms with Crippen molar-refractivity contribution in [2.45, 2.75) is 133 Å². The highest BCUT2D eigenvalue weighted by atomic mass is 16.5. The Kier molecular flexibility index (Phi) is 24.3. The maximum absolute atomic E-state index is 12.1. The summed E-state index contributed by atoms with van der Waals surface area (Å²) < 4.78 is 5.77. The number of ketones is 1. The van der Waals surface area contributed by atoms with Gasteiger partial charge in [0, 0.05) is 24.8 Å². The lowest BCUT2D eigenvalue weighted by Gasteiger charge is -2.30. The topological polar surface area (TPSA) is 80.3 Å². The molecule has 0 radical (unpaired) electrons. The fourth-order valence-electron chi connectivity index (χ4n) is 6.19. The van der Waals surface area contributed by atoms with Crippen LogP contribution in [0.15, 0.2) is 73.4 Å². The molecule has 1 aliphatic rings. The lowest BCUT2D eigenvalue weighted by atomic mass is 9.75. The van der Waals surface area contributed by atoms with Crippen LogP contribution in [0.3, 0.4) is 0 Å². The van der Waals surface area contributed by atoms with Gasteiger partial charge in [-0.1, -0.05) is 110 Å². The van der Waals surface area contributed by atoms with E-state index in [9.17, 15) is 9.59 Å². The summed E-state index contributed by atoms with van der Waals surface area (Å²) in [6.45, 7) is 26.5. The number of aromatic nitrogens is 1. The second kappa shape index (κ2) is 27.0. The van der Waals surface area contributed by atoms with Gasteiger partial charge in [0.05, 0.1) is 17.8 Å². The molecule has 310 valence electrons. The molecule has 1 aliphatic carbocycles. The van der Waals surface area contributed by atoms with Gasteiger partial charge < -0.3 is 20.2 Å². The third-order valence-electron chi connectivity index (χ3n) is 10.1. The smallest absolute Gasteiger partial charge is 0.147 e. The summed E-state index contributed by atoms with van der Waals surface area (Å²) in [6, 6.07) is 19.5. The number of benzene rings is 2. The zero-order valence-corrected chi connectivity index (χ0v) is 37.5. The second-order valence-corrected chi connectivity index (χ2v) is 16.2. The van der Waals surface area contributed by atoms with Gasteiger partial charge in [-0.25, -0.2) is 0 Å². The van der Waals surface area contributed by atoms with Gasteiger partial charge in [0.1, 0.15) is 12.1 Å². The summed E-state index contributed by atoms with van der Waals surface area (Å²) in [7, 11) is 5.56. The number of unbranched alkanes of at least 4 members (excludes halogenated alkanes) is 1. The van der Waals surface area contributed by atoms with E-state index in [0.717, 1.165) is 61.8 Å². The molecule has 1 heterocycles. The SMILES string of the molecule is C=CCCCNC.CCC.CCC(C)(C)C/C(=C(\c1cccnc1C(C)OC)C(C)C)c1cc(-c2cccc(CC(NC)C(C)=O)c2)ccc1C.O=CC1CC1. The molecule has 0 spiro atoms. The molecule has 1 aromatic heterocycles. The average molecular weight is 768 g/mol. The number of nitrogens with one attached hydrogen (secondary N) is 2. The number of pyridine rings is 1. The Morgan fingerprint density at radius 3 is 2.16 bits per heavy atom. The van der Waals surface area contributed by atoms with Crippen LogP contribution >= 0.6 is 0 Å². The monoisotopic (exact) mass is 768 g/mol. The first-order chi connectivity index (χ1) is 26.7. The van der Waals surface area contributed by atoms with Crippen molar-refractivity contribution in [1.82, 2.24) is 15.6 Å². The number of hydrogen-bond donors (Lipinski definition) is 2. The van der Waals surface area contributed by atoms with Crippen LogP contribution in [0, 0.1) is 24.2 Å². The van der Waals surface area contributed by atoms with Crippen LogP contribution in [0.2, 0.25) is 0 Å². The van der Waals surface area contributed by atoms with Gasteiger partial charge in [0.25, 0.3) is 0 Å². The van der Waals surface area contributed by atoms with E-state index in [1.165, 1.54) is 46.2 Å². The second-order valence-electron chi connectivity index (χ2n) is 16.2. The van der Waals surface area contributed by atoms with Crippen molar-refractivity contribution in [2.24, 2.45) is 17.3 Å². The number of aldehydes is 1. The number of likely N-dealkylation sites (N-methyl/N-ethyl adjacent to an activating group) is 1. The van der Waals surface area contributed by atoms with E-state index in [1.54, 1.807) is 14.0 Å². The minimum atomic E-state index is -0.179. The first-order valence-corrected chi connectivity index (χ1v) is 21.0. The molecule has 2 N–H and O–H groups in total. The number of nitrogens with zero attached hydrogens (tertiary/aromatic N) is 1. The highest BCUT2D eigenvalue weighted by Gasteiger charge is 2.27. The first kappa shape index (κ1) is 50.3. The van der Waals surface area contributed by atoms with E-state index in [4.69, 9.17) is 9.72 Å². The normalized spacial score (nSPS) is 13.8. The lowest BCUT2D eigenvalue weighted by molar-refractivity contribution is -0.118. The summed E-state index contributed by atoms with van der Waals surface area (Å²) in [5.41, 5.74) is 11.1. The third-order valence-corrected chi connectivity index (χ3v) is 10.1. The molecule has 2 aromatic carbocycles. The molecule has 3 aromatic rings. The molecule has 0 amide bonds. The van der Waals surface area contributed by atoms with E-state index in [0.29, 0.717) is 18.3 Å². The van der Waals surface area contributed by atoms with Gasteiger partial charge in [0.15, 0.2) is 0 Å². The molecular weight excluding hydrogens is 691 g/mol. The Hall–Kier alpha value is -3.71. The minimum absolute atomic E-state index is 0.105. The van der Waals surface area contributed by atoms with Gasteiger partial charge in [-0.05, 0) is 142 Å². The fraction of sp³-hybridized carbons (Fsp3) is 0.540. The molecular formula is C50H77N3O3. The van der Waals surface area contributed by atoms with Crippen molar-refractivity contribution in [1.29, 1.82) is 0 Å². The largest absolute Gasteiger partial charge is 0.375 e. The maximum atomic E-state index is 12.1. The number of hydrogen-bond acceptors (Lipinski definition) is 6. The van der Waals surface area contributed by atoms with Crippen molar-refractivity contribution >= 4 is 23.2 Å². The Balaban J connectivity index is 0.000000875. The van der Waals surface area contributed by atoms with Crippen LogP contribution < -0.4 is 10.6 Å². The van der Waals surface area contributed by atoms with E-state index in [-0.39, 0.29) is 23.3 Å². The summed E-state index contributed by atoms with van der Waals surface area (Å²) in [4.78, 5) is 26.4. The van der Waals surface area contributed by atoms with Crippen LogP contribution in [-0.2, 0) is 20.7 Å². The maximum Gasteiger partial charge on any atom is 0.147 e. The van der Waals surface area contributed by atoms with E-state index >= 15 is 0 Å². The molecule has 1 saturated carbocycles. The van der Waals surface area contributed by atoms with Crippen LogP contribution in [0.25, 0.3) is 22.3 Å². The highest BCUT2D eigenvalue weighted by molar-refractivity contribution is 5.94. The molecule has 4 rings (SSSR count). The summed E-state index contributed by atoms with van der Waals surface area (Å²) >= 11 is 0. The molecule has 6 nitrogen and oxygen atoms in total. The lowest BCUT2D eigenvalue weighted by Crippen LogP contribution is -2.34. The molecule has 0 bridgehead atoms. The number of allylic oxidation sites excluding steroid dienone is 3. The summed E-state index contributed by atoms with van der Waals surface area (Å²) in [5.74, 6) is 0.902. The highest BCUT2D eigenvalue weighted by Crippen LogP contribution is 2.44. The van der Waals surface area contributed by atoms with E-state index in [2.05, 4.69) is 128 Å². The number of rotatable bonds is 18. The third kappa shape index (κ3) is 17.6. The Bertz CT molecular complexity index is 1640. The number of Topliss-reactive ketones (excluding diaryl/α,β-unsaturated/α-hetero) is 1. The number of ether oxygens (including phenoxy) is 1. The zero-order chi connectivity index (χ0) is 42.3. The average Bonchev–Trinajstić information content (AvgIpc) is 4.03.